The maximum atomic E-state index is 15.9. The summed E-state index contributed by atoms with van der Waals surface area (Å²) < 4.78 is 55.2. The first-order valence-corrected chi connectivity index (χ1v) is 12.7. The minimum Gasteiger partial charge on any atom is -0.492 e. The summed E-state index contributed by atoms with van der Waals surface area (Å²) in [6.45, 7) is 1.23. The molecule has 2 saturated heterocycles. The van der Waals surface area contributed by atoms with Crippen molar-refractivity contribution in [3.8, 4) is 11.5 Å². The third-order valence-electron chi connectivity index (χ3n) is 5.87. The normalized spacial score (nSPS) is 16.8. The molecule has 12 heteroatoms. The molecule has 0 saturated carbocycles. The molecule has 0 spiro atoms. The van der Waals surface area contributed by atoms with Gasteiger partial charge in [-0.2, -0.15) is 8.42 Å². The van der Waals surface area contributed by atoms with Gasteiger partial charge in [-0.1, -0.05) is 36.4 Å². The molecule has 5 rings (SSSR count). The van der Waals surface area contributed by atoms with Gasteiger partial charge in [0.2, 0.25) is 0 Å². The summed E-state index contributed by atoms with van der Waals surface area (Å²) in [6, 6.07) is 15.3. The Kier molecular flexibility index (Phi) is 6.27. The Hall–Kier alpha value is -4.06. The van der Waals surface area contributed by atoms with E-state index in [1.807, 2.05) is 35.1 Å². The minimum atomic E-state index is -4.29. The van der Waals surface area contributed by atoms with Crippen molar-refractivity contribution in [1.82, 2.24) is 14.9 Å². The number of benzene rings is 3. The number of fused-ring (bicyclic) bond motifs is 1. The van der Waals surface area contributed by atoms with Gasteiger partial charge in [-0.3, -0.25) is 4.79 Å². The first kappa shape index (κ1) is 23.7. The van der Waals surface area contributed by atoms with E-state index in [0.717, 1.165) is 5.56 Å². The molecule has 10 nitrogen and oxygen atoms in total. The fraction of sp³-hybridized carbons (Fsp3) is 0.250. The first-order valence-electron chi connectivity index (χ1n) is 11.2. The van der Waals surface area contributed by atoms with Crippen LogP contribution in [0.25, 0.3) is 10.8 Å². The number of amides is 3. The Morgan fingerprint density at radius 1 is 1.03 bits per heavy atom. The van der Waals surface area contributed by atoms with Crippen molar-refractivity contribution < 1.29 is 31.9 Å². The molecule has 2 N–H and O–H groups in total. The molecular formula is C24H23FN4O6S. The molecule has 2 aliphatic rings. The number of hydrogen-bond acceptors (Lipinski definition) is 6. The molecular weight excluding hydrogens is 491 g/mol. The highest BCUT2D eigenvalue weighted by atomic mass is 32.2. The Bertz CT molecular complexity index is 1430. The van der Waals surface area contributed by atoms with Gasteiger partial charge >= 0.3 is 16.2 Å². The van der Waals surface area contributed by atoms with Crippen LogP contribution in [0.15, 0.2) is 54.6 Å². The third kappa shape index (κ3) is 4.71. The molecule has 2 fully saturated rings. The smallest absolute Gasteiger partial charge is 0.326 e. The number of rotatable bonds is 8. The van der Waals surface area contributed by atoms with E-state index in [2.05, 4.69) is 5.32 Å². The van der Waals surface area contributed by atoms with Crippen LogP contribution in [0.1, 0.15) is 5.56 Å². The van der Waals surface area contributed by atoms with Crippen molar-refractivity contribution in [3.05, 3.63) is 66.0 Å². The predicted molar refractivity (Wildman–Crippen MR) is 130 cm³/mol. The fourth-order valence-corrected chi connectivity index (χ4v) is 5.27. The lowest BCUT2D eigenvalue weighted by Crippen LogP contribution is -2.31. The van der Waals surface area contributed by atoms with Crippen LogP contribution >= 0.6 is 0 Å². The predicted octanol–water partition coefficient (Wildman–Crippen LogP) is 2.14. The van der Waals surface area contributed by atoms with E-state index in [1.165, 1.54) is 12.1 Å². The standard InChI is InChI=1S/C24H23FN4O6S/c25-22-19-13-18(34-11-10-28-9-8-26-24(28)31)7-6-17(19)12-20(35-15-16-4-2-1-3-5-16)23(22)29-14-21(30)27-36(29,32)33/h1-7,12-13H,8-11,14-15H2,(H,26,31)(H,27,30). The van der Waals surface area contributed by atoms with Crippen molar-refractivity contribution in [1.29, 1.82) is 0 Å². The van der Waals surface area contributed by atoms with E-state index >= 15 is 4.39 Å². The summed E-state index contributed by atoms with van der Waals surface area (Å²) in [6.07, 6.45) is 0. The summed E-state index contributed by atoms with van der Waals surface area (Å²) >= 11 is 0. The summed E-state index contributed by atoms with van der Waals surface area (Å²) in [4.78, 5) is 25.1. The lowest BCUT2D eigenvalue weighted by molar-refractivity contribution is -0.117. The highest BCUT2D eigenvalue weighted by Crippen LogP contribution is 2.40. The molecule has 0 aliphatic carbocycles. The molecule has 0 atom stereocenters. The van der Waals surface area contributed by atoms with Crippen molar-refractivity contribution in [2.45, 2.75) is 6.61 Å². The Morgan fingerprint density at radius 2 is 1.83 bits per heavy atom. The maximum Gasteiger partial charge on any atom is 0.326 e. The quantitative estimate of drug-likeness (QED) is 0.476. The lowest BCUT2D eigenvalue weighted by Gasteiger charge is -2.21. The van der Waals surface area contributed by atoms with Crippen molar-refractivity contribution >= 4 is 38.6 Å². The van der Waals surface area contributed by atoms with Crippen molar-refractivity contribution in [2.75, 3.05) is 37.1 Å². The number of anilines is 1. The Labute approximate surface area is 206 Å². The summed E-state index contributed by atoms with van der Waals surface area (Å²) in [5.74, 6) is -1.30. The van der Waals surface area contributed by atoms with Gasteiger partial charge in [-0.15, -0.1) is 0 Å². The second-order valence-corrected chi connectivity index (χ2v) is 9.89. The van der Waals surface area contributed by atoms with Crippen LogP contribution in [0.5, 0.6) is 11.5 Å². The molecule has 36 heavy (non-hydrogen) atoms. The monoisotopic (exact) mass is 514 g/mol. The number of halogens is 1. The van der Waals surface area contributed by atoms with Gasteiger partial charge in [-0.25, -0.2) is 18.2 Å². The molecule has 2 heterocycles. The van der Waals surface area contributed by atoms with Crippen LogP contribution in [0.2, 0.25) is 0 Å². The van der Waals surface area contributed by atoms with Crippen molar-refractivity contribution in [3.63, 3.8) is 0 Å². The molecule has 0 bridgehead atoms. The molecule has 0 aromatic heterocycles. The topological polar surface area (TPSA) is 117 Å². The largest absolute Gasteiger partial charge is 0.492 e. The van der Waals surface area contributed by atoms with Crippen LogP contribution in [0.3, 0.4) is 0 Å². The van der Waals surface area contributed by atoms with Crippen LogP contribution in [0.4, 0.5) is 14.9 Å². The number of carbonyl (C=O) groups is 2. The van der Waals surface area contributed by atoms with Crippen LogP contribution in [-0.4, -0.2) is 58.0 Å². The van der Waals surface area contributed by atoms with Crippen LogP contribution in [-0.2, 0) is 21.6 Å². The molecule has 3 aromatic rings. The number of hydrogen-bond donors (Lipinski definition) is 2. The van der Waals surface area contributed by atoms with Gasteiger partial charge in [-0.05, 0) is 29.1 Å². The number of urea groups is 1. The summed E-state index contributed by atoms with van der Waals surface area (Å²) in [5.41, 5.74) is 0.445. The zero-order valence-corrected chi connectivity index (χ0v) is 19.9. The van der Waals surface area contributed by atoms with Gasteiger partial charge in [0.25, 0.3) is 5.91 Å². The third-order valence-corrected chi connectivity index (χ3v) is 7.25. The van der Waals surface area contributed by atoms with Gasteiger partial charge in [0.05, 0.1) is 6.54 Å². The van der Waals surface area contributed by atoms with Crippen LogP contribution in [0, 0.1) is 5.82 Å². The maximum absolute atomic E-state index is 15.9. The van der Waals surface area contributed by atoms with E-state index in [9.17, 15) is 18.0 Å². The Morgan fingerprint density at radius 3 is 2.53 bits per heavy atom. The average molecular weight is 515 g/mol. The number of carbonyl (C=O) groups excluding carboxylic acids is 2. The molecule has 3 amide bonds. The van der Waals surface area contributed by atoms with E-state index < -0.39 is 28.5 Å². The SMILES string of the molecule is O=C1CN(c2c(OCc3ccccc3)cc3ccc(OCCN4CCNC4=O)cc3c2F)S(=O)(=O)N1. The molecule has 0 unspecified atom stereocenters. The summed E-state index contributed by atoms with van der Waals surface area (Å²) in [7, 11) is -4.29. The van der Waals surface area contributed by atoms with Gasteiger partial charge in [0, 0.05) is 18.5 Å². The molecule has 2 aliphatic heterocycles. The van der Waals surface area contributed by atoms with Gasteiger partial charge < -0.3 is 19.7 Å². The second kappa shape index (κ2) is 9.53. The number of ether oxygens (including phenoxy) is 2. The minimum absolute atomic E-state index is 0.0161. The number of nitrogens with one attached hydrogen (secondary N) is 2. The van der Waals surface area contributed by atoms with Gasteiger partial charge in [0.15, 0.2) is 5.82 Å². The fourth-order valence-electron chi connectivity index (χ4n) is 4.11. The van der Waals surface area contributed by atoms with E-state index in [4.69, 9.17) is 9.47 Å². The first-order chi connectivity index (χ1) is 17.3. The van der Waals surface area contributed by atoms with E-state index in [-0.39, 0.29) is 36.1 Å². The molecule has 188 valence electrons. The second-order valence-electron chi connectivity index (χ2n) is 8.30. The highest BCUT2D eigenvalue weighted by molar-refractivity contribution is 7.92. The molecule has 0 radical (unpaired) electrons. The zero-order chi connectivity index (χ0) is 25.3. The van der Waals surface area contributed by atoms with E-state index in [1.54, 1.807) is 17.0 Å². The molecule has 3 aromatic carbocycles. The van der Waals surface area contributed by atoms with E-state index in [0.29, 0.717) is 35.1 Å². The van der Waals surface area contributed by atoms with Crippen molar-refractivity contribution in [2.24, 2.45) is 0 Å². The lowest BCUT2D eigenvalue weighted by atomic mass is 10.1. The summed E-state index contributed by atoms with van der Waals surface area (Å²) in [5, 5.41) is 3.27. The highest BCUT2D eigenvalue weighted by Gasteiger charge is 2.38. The number of nitrogens with zero attached hydrogens (tertiary/aromatic N) is 2. The van der Waals surface area contributed by atoms with Crippen LogP contribution < -0.4 is 23.8 Å². The Balaban J connectivity index is 1.47. The van der Waals surface area contributed by atoms with Gasteiger partial charge in [0.1, 0.15) is 36.9 Å². The average Bonchev–Trinajstić information content (AvgIpc) is 3.38. The zero-order valence-electron chi connectivity index (χ0n) is 19.1.